The van der Waals surface area contributed by atoms with Gasteiger partial charge in [-0.05, 0) is 57.4 Å². The van der Waals surface area contributed by atoms with Crippen LogP contribution in [0.4, 0.5) is 5.69 Å². The molecular formula is C25H33Cl2N3O4S. The Bertz CT molecular complexity index is 1110. The van der Waals surface area contributed by atoms with E-state index in [2.05, 4.69) is 5.32 Å². The monoisotopic (exact) mass is 541 g/mol. The van der Waals surface area contributed by atoms with E-state index in [0.29, 0.717) is 18.0 Å². The van der Waals surface area contributed by atoms with Crippen LogP contribution in [-0.4, -0.2) is 56.6 Å². The first-order valence-electron chi connectivity index (χ1n) is 11.5. The topological polar surface area (TPSA) is 86.8 Å². The highest BCUT2D eigenvalue weighted by Crippen LogP contribution is 2.31. The van der Waals surface area contributed by atoms with Gasteiger partial charge in [0.25, 0.3) is 0 Å². The largest absolute Gasteiger partial charge is 0.352 e. The number of nitrogens with one attached hydrogen (secondary N) is 1. The Balaban J connectivity index is 2.14. The van der Waals surface area contributed by atoms with Crippen molar-refractivity contribution >= 4 is 50.7 Å². The van der Waals surface area contributed by atoms with Crippen molar-refractivity contribution < 1.29 is 18.0 Å². The second kappa shape index (κ2) is 13.1. The van der Waals surface area contributed by atoms with Crippen molar-refractivity contribution in [1.82, 2.24) is 10.2 Å². The van der Waals surface area contributed by atoms with Crippen molar-refractivity contribution in [3.8, 4) is 0 Å². The minimum absolute atomic E-state index is 0.0454. The molecule has 0 saturated carbocycles. The van der Waals surface area contributed by atoms with E-state index in [1.165, 1.54) is 12.1 Å². The summed E-state index contributed by atoms with van der Waals surface area (Å²) in [5.74, 6) is -0.456. The van der Waals surface area contributed by atoms with Gasteiger partial charge in [0.05, 0.1) is 17.0 Å². The Morgan fingerprint density at radius 2 is 1.66 bits per heavy atom. The lowest BCUT2D eigenvalue weighted by molar-refractivity contribution is -0.140. The Hall–Kier alpha value is -2.29. The lowest BCUT2D eigenvalue weighted by Gasteiger charge is -2.30. The van der Waals surface area contributed by atoms with Crippen LogP contribution < -0.4 is 9.62 Å². The maximum Gasteiger partial charge on any atom is 0.242 e. The molecule has 2 amide bonds. The molecule has 7 nitrogen and oxygen atoms in total. The van der Waals surface area contributed by atoms with Gasteiger partial charge in [-0.3, -0.25) is 13.9 Å². The molecule has 0 heterocycles. The summed E-state index contributed by atoms with van der Waals surface area (Å²) in [5.41, 5.74) is 1.32. The van der Waals surface area contributed by atoms with Gasteiger partial charge in [0, 0.05) is 30.6 Å². The molecule has 0 aliphatic carbocycles. The van der Waals surface area contributed by atoms with Crippen molar-refractivity contribution in [3.63, 3.8) is 0 Å². The van der Waals surface area contributed by atoms with Crippen LogP contribution in [0.15, 0.2) is 48.5 Å². The van der Waals surface area contributed by atoms with Gasteiger partial charge in [-0.1, -0.05) is 53.5 Å². The smallest absolute Gasteiger partial charge is 0.242 e. The highest BCUT2D eigenvalue weighted by molar-refractivity contribution is 7.92. The number of nitrogens with zero attached hydrogens (tertiary/aromatic N) is 2. The number of anilines is 1. The highest BCUT2D eigenvalue weighted by atomic mass is 35.5. The molecule has 2 rings (SSSR count). The van der Waals surface area contributed by atoms with E-state index in [4.69, 9.17) is 23.2 Å². The number of rotatable bonds is 12. The fourth-order valence-electron chi connectivity index (χ4n) is 3.63. The predicted molar refractivity (Wildman–Crippen MR) is 142 cm³/mol. The molecule has 0 bridgehead atoms. The average Bonchev–Trinajstić information content (AvgIpc) is 2.78. The quantitative estimate of drug-likeness (QED) is 0.427. The summed E-state index contributed by atoms with van der Waals surface area (Å²) in [4.78, 5) is 27.4. The molecule has 0 fully saturated rings. The van der Waals surface area contributed by atoms with Crippen molar-refractivity contribution in [1.29, 1.82) is 0 Å². The van der Waals surface area contributed by atoms with Crippen LogP contribution in [0.5, 0.6) is 0 Å². The van der Waals surface area contributed by atoms with Gasteiger partial charge in [0.1, 0.15) is 6.04 Å². The summed E-state index contributed by atoms with van der Waals surface area (Å²) < 4.78 is 26.0. The Morgan fingerprint density at radius 3 is 2.26 bits per heavy atom. The zero-order chi connectivity index (χ0) is 26.2. The lowest BCUT2D eigenvalue weighted by atomic mass is 10.1. The molecule has 0 spiro atoms. The van der Waals surface area contributed by atoms with Gasteiger partial charge in [-0.15, -0.1) is 0 Å². The van der Waals surface area contributed by atoms with E-state index in [9.17, 15) is 18.0 Å². The lowest BCUT2D eigenvalue weighted by Crippen LogP contribution is -2.50. The second-order valence-corrected chi connectivity index (χ2v) is 11.4. The van der Waals surface area contributed by atoms with Crippen LogP contribution in [0.2, 0.25) is 10.0 Å². The van der Waals surface area contributed by atoms with E-state index >= 15 is 0 Å². The van der Waals surface area contributed by atoms with Gasteiger partial charge in [0.15, 0.2) is 0 Å². The minimum atomic E-state index is -3.66. The van der Waals surface area contributed by atoms with Crippen LogP contribution in [-0.2, 0) is 26.0 Å². The van der Waals surface area contributed by atoms with Gasteiger partial charge >= 0.3 is 0 Å². The molecule has 192 valence electrons. The molecule has 0 aliphatic rings. The number of carbonyl (C=O) groups excluding carboxylic acids is 2. The first kappa shape index (κ1) is 28.9. The van der Waals surface area contributed by atoms with E-state index < -0.39 is 16.1 Å². The molecule has 1 atom stereocenters. The fraction of sp³-hybridized carbons (Fsp3) is 0.440. The zero-order valence-corrected chi connectivity index (χ0v) is 22.8. The summed E-state index contributed by atoms with van der Waals surface area (Å²) in [6, 6.07) is 13.6. The number of benzene rings is 2. The molecule has 0 unspecified atom stereocenters. The van der Waals surface area contributed by atoms with Crippen molar-refractivity contribution in [2.24, 2.45) is 0 Å². The summed E-state index contributed by atoms with van der Waals surface area (Å²) in [5, 5.41) is 3.45. The van der Waals surface area contributed by atoms with Crippen LogP contribution >= 0.6 is 23.2 Å². The number of carbonyl (C=O) groups is 2. The molecule has 0 saturated heterocycles. The standard InChI is InChI=1S/C25H33Cl2N3O4S/c1-18(2)28-25(32)19(3)29(16-14-20-9-6-5-7-10-20)24(31)11-8-15-30(35(4,33)34)23-17-21(26)12-13-22(23)27/h5-7,9-10,12-13,17-19H,8,11,14-16H2,1-4H3,(H,28,32)/t19-/m0/s1. The Morgan fingerprint density at radius 1 is 1.00 bits per heavy atom. The SMILES string of the molecule is CC(C)NC(=O)[C@H](C)N(CCc1ccccc1)C(=O)CCCN(c1cc(Cl)ccc1Cl)S(C)(=O)=O. The number of hydrogen-bond acceptors (Lipinski definition) is 4. The Labute approximate surface area is 218 Å². The first-order chi connectivity index (χ1) is 16.4. The molecule has 35 heavy (non-hydrogen) atoms. The molecule has 0 aliphatic heterocycles. The van der Waals surface area contributed by atoms with E-state index in [0.717, 1.165) is 16.1 Å². The molecule has 0 aromatic heterocycles. The maximum absolute atomic E-state index is 13.2. The summed E-state index contributed by atoms with van der Waals surface area (Å²) >= 11 is 12.3. The second-order valence-electron chi connectivity index (χ2n) is 8.70. The van der Waals surface area contributed by atoms with E-state index in [1.807, 2.05) is 44.2 Å². The number of amides is 2. The van der Waals surface area contributed by atoms with Gasteiger partial charge in [0.2, 0.25) is 21.8 Å². The minimum Gasteiger partial charge on any atom is -0.352 e. The summed E-state index contributed by atoms with van der Waals surface area (Å²) in [6.45, 7) is 5.84. The third-order valence-corrected chi connectivity index (χ3v) is 7.15. The zero-order valence-electron chi connectivity index (χ0n) is 20.5. The molecule has 0 radical (unpaired) electrons. The normalized spacial score (nSPS) is 12.3. The van der Waals surface area contributed by atoms with Gasteiger partial charge < -0.3 is 10.2 Å². The van der Waals surface area contributed by atoms with Crippen molar-refractivity contribution in [2.75, 3.05) is 23.7 Å². The van der Waals surface area contributed by atoms with Crippen LogP contribution in [0.3, 0.4) is 0 Å². The maximum atomic E-state index is 13.2. The summed E-state index contributed by atoms with van der Waals surface area (Å²) in [7, 11) is -3.66. The number of halogens is 2. The van der Waals surface area contributed by atoms with E-state index in [1.54, 1.807) is 17.9 Å². The van der Waals surface area contributed by atoms with Crippen molar-refractivity contribution in [3.05, 3.63) is 64.1 Å². The van der Waals surface area contributed by atoms with E-state index in [-0.39, 0.29) is 48.0 Å². The molecule has 1 N–H and O–H groups in total. The number of sulfonamides is 1. The van der Waals surface area contributed by atoms with Gasteiger partial charge in [-0.2, -0.15) is 0 Å². The number of hydrogen-bond donors (Lipinski definition) is 1. The predicted octanol–water partition coefficient (Wildman–Crippen LogP) is 4.52. The third kappa shape index (κ3) is 9.02. The van der Waals surface area contributed by atoms with Crippen LogP contribution in [0.1, 0.15) is 39.2 Å². The molecule has 2 aromatic carbocycles. The summed E-state index contributed by atoms with van der Waals surface area (Å²) in [6.07, 6.45) is 1.99. The fourth-order valence-corrected chi connectivity index (χ4v) is 5.04. The molecule has 2 aromatic rings. The highest BCUT2D eigenvalue weighted by Gasteiger charge is 2.27. The molecule has 10 heteroatoms. The Kier molecular flexibility index (Phi) is 10.9. The first-order valence-corrected chi connectivity index (χ1v) is 14.1. The average molecular weight is 543 g/mol. The van der Waals surface area contributed by atoms with Crippen LogP contribution in [0, 0.1) is 0 Å². The third-order valence-electron chi connectivity index (χ3n) is 5.41. The molecular weight excluding hydrogens is 509 g/mol. The van der Waals surface area contributed by atoms with Gasteiger partial charge in [-0.25, -0.2) is 8.42 Å². The van der Waals surface area contributed by atoms with Crippen molar-refractivity contribution in [2.45, 2.75) is 52.1 Å². The van der Waals surface area contributed by atoms with Crippen LogP contribution in [0.25, 0.3) is 0 Å².